The number of anilines is 1. The fourth-order valence-corrected chi connectivity index (χ4v) is 4.72. The number of methoxy groups -OCH3 is 2. The Labute approximate surface area is 197 Å². The van der Waals surface area contributed by atoms with Crippen molar-refractivity contribution in [1.29, 1.82) is 0 Å². The summed E-state index contributed by atoms with van der Waals surface area (Å²) >= 11 is 0. The third kappa shape index (κ3) is 4.74. The maximum absolute atomic E-state index is 14.4. The van der Waals surface area contributed by atoms with Crippen LogP contribution in [0.3, 0.4) is 0 Å². The summed E-state index contributed by atoms with van der Waals surface area (Å²) in [6.45, 7) is 0.332. The van der Waals surface area contributed by atoms with Crippen LogP contribution in [0.5, 0.6) is 11.5 Å². The van der Waals surface area contributed by atoms with Crippen molar-refractivity contribution in [2.45, 2.75) is 16.3 Å². The van der Waals surface area contributed by atoms with Crippen LogP contribution in [0, 0.1) is 5.82 Å². The molecule has 0 atom stereocenters. The zero-order chi connectivity index (χ0) is 24.1. The maximum atomic E-state index is 14.4. The molecular formula is C25H23FN2O5S. The second kappa shape index (κ2) is 9.96. The molecule has 0 saturated carbocycles. The van der Waals surface area contributed by atoms with Crippen molar-refractivity contribution in [2.75, 3.05) is 26.1 Å². The van der Waals surface area contributed by atoms with Gasteiger partial charge in [0.2, 0.25) is 26.6 Å². The van der Waals surface area contributed by atoms with Gasteiger partial charge in [-0.2, -0.15) is 4.98 Å². The van der Waals surface area contributed by atoms with Gasteiger partial charge in [-0.3, -0.25) is 0 Å². The van der Waals surface area contributed by atoms with E-state index in [0.717, 1.165) is 5.56 Å². The first-order chi connectivity index (χ1) is 16.4. The number of halogens is 1. The quantitative estimate of drug-likeness (QED) is 0.360. The summed E-state index contributed by atoms with van der Waals surface area (Å²) in [4.78, 5) is 4.23. The van der Waals surface area contributed by atoms with Gasteiger partial charge < -0.3 is 19.2 Å². The third-order valence-corrected chi connectivity index (χ3v) is 6.83. The molecule has 176 valence electrons. The highest BCUT2D eigenvalue weighted by Crippen LogP contribution is 2.33. The van der Waals surface area contributed by atoms with Gasteiger partial charge in [-0.25, -0.2) is 12.8 Å². The molecule has 1 heterocycles. The number of rotatable bonds is 9. The van der Waals surface area contributed by atoms with Gasteiger partial charge in [0, 0.05) is 6.54 Å². The molecule has 0 bridgehead atoms. The van der Waals surface area contributed by atoms with Crippen molar-refractivity contribution in [2.24, 2.45) is 0 Å². The number of hydrogen-bond acceptors (Lipinski definition) is 7. The highest BCUT2D eigenvalue weighted by Gasteiger charge is 2.29. The van der Waals surface area contributed by atoms with E-state index in [2.05, 4.69) is 10.3 Å². The molecule has 9 heteroatoms. The van der Waals surface area contributed by atoms with Crippen molar-refractivity contribution in [3.05, 3.63) is 84.2 Å². The van der Waals surface area contributed by atoms with Gasteiger partial charge in [0.05, 0.1) is 24.7 Å². The fourth-order valence-electron chi connectivity index (χ4n) is 3.42. The van der Waals surface area contributed by atoms with E-state index in [0.29, 0.717) is 24.5 Å². The molecule has 0 aliphatic carbocycles. The monoisotopic (exact) mass is 482 g/mol. The number of hydrogen-bond donors (Lipinski definition) is 1. The van der Waals surface area contributed by atoms with Crippen molar-refractivity contribution in [3.8, 4) is 23.0 Å². The van der Waals surface area contributed by atoms with Crippen LogP contribution in [0.25, 0.3) is 11.5 Å². The first-order valence-corrected chi connectivity index (χ1v) is 11.9. The average molecular weight is 483 g/mol. The van der Waals surface area contributed by atoms with E-state index in [-0.39, 0.29) is 27.3 Å². The first-order valence-electron chi connectivity index (χ1n) is 10.4. The summed E-state index contributed by atoms with van der Waals surface area (Å²) in [7, 11) is -0.895. The van der Waals surface area contributed by atoms with Crippen LogP contribution in [0.4, 0.5) is 10.3 Å². The van der Waals surface area contributed by atoms with Crippen molar-refractivity contribution >= 4 is 15.7 Å². The summed E-state index contributed by atoms with van der Waals surface area (Å²) in [6, 6.07) is 19.3. The number of nitrogens with one attached hydrogen (secondary N) is 1. The number of ether oxygens (including phenoxy) is 2. The Bertz CT molecular complexity index is 1390. The Kier molecular flexibility index (Phi) is 6.83. The van der Waals surface area contributed by atoms with E-state index in [1.807, 2.05) is 12.1 Å². The normalized spacial score (nSPS) is 11.3. The maximum Gasteiger partial charge on any atom is 0.233 e. The highest BCUT2D eigenvalue weighted by atomic mass is 32.2. The highest BCUT2D eigenvalue weighted by molar-refractivity contribution is 7.91. The standard InChI is InChI=1S/C25H23FN2O5S/c1-31-21-13-12-17(16-22(21)32-2)14-15-27-24-25(34(29,30)18-8-4-3-5-9-18)28-23(33-24)19-10-6-7-11-20(19)26/h3-13,16,27H,14-15H2,1-2H3. The summed E-state index contributed by atoms with van der Waals surface area (Å²) in [5, 5.41) is 2.71. The molecule has 1 N–H and O–H groups in total. The van der Waals surface area contributed by atoms with Crippen LogP contribution < -0.4 is 14.8 Å². The van der Waals surface area contributed by atoms with Gasteiger partial charge in [0.1, 0.15) is 5.82 Å². The van der Waals surface area contributed by atoms with Crippen LogP contribution in [-0.2, 0) is 16.3 Å². The lowest BCUT2D eigenvalue weighted by Gasteiger charge is -2.10. The van der Waals surface area contributed by atoms with E-state index in [1.165, 1.54) is 30.3 Å². The number of benzene rings is 3. The van der Waals surface area contributed by atoms with Crippen LogP contribution >= 0.6 is 0 Å². The van der Waals surface area contributed by atoms with Crippen LogP contribution in [0.2, 0.25) is 0 Å². The predicted molar refractivity (Wildman–Crippen MR) is 126 cm³/mol. The van der Waals surface area contributed by atoms with E-state index in [9.17, 15) is 12.8 Å². The molecule has 0 unspecified atom stereocenters. The molecule has 0 spiro atoms. The molecule has 7 nitrogen and oxygen atoms in total. The van der Waals surface area contributed by atoms with Crippen molar-refractivity contribution in [3.63, 3.8) is 0 Å². The number of aromatic nitrogens is 1. The van der Waals surface area contributed by atoms with Crippen LogP contribution in [0.15, 0.2) is 87.1 Å². The molecule has 0 aliphatic rings. The number of sulfone groups is 1. The zero-order valence-electron chi connectivity index (χ0n) is 18.6. The Morgan fingerprint density at radius 3 is 2.35 bits per heavy atom. The van der Waals surface area contributed by atoms with E-state index in [4.69, 9.17) is 13.9 Å². The Morgan fingerprint density at radius 1 is 0.941 bits per heavy atom. The minimum Gasteiger partial charge on any atom is -0.493 e. The molecule has 1 aromatic heterocycles. The lowest BCUT2D eigenvalue weighted by molar-refractivity contribution is 0.354. The van der Waals surface area contributed by atoms with Gasteiger partial charge in [0.15, 0.2) is 11.5 Å². The van der Waals surface area contributed by atoms with E-state index >= 15 is 0 Å². The average Bonchev–Trinajstić information content (AvgIpc) is 3.29. The lowest BCUT2D eigenvalue weighted by atomic mass is 10.1. The van der Waals surface area contributed by atoms with Gasteiger partial charge in [-0.05, 0) is 48.4 Å². The lowest BCUT2D eigenvalue weighted by Crippen LogP contribution is -2.10. The Hall–Kier alpha value is -3.85. The molecule has 0 aliphatic heterocycles. The van der Waals surface area contributed by atoms with E-state index in [1.54, 1.807) is 44.6 Å². The number of nitrogens with zero attached hydrogens (tertiary/aromatic N) is 1. The second-order valence-corrected chi connectivity index (χ2v) is 9.18. The van der Waals surface area contributed by atoms with Gasteiger partial charge in [-0.1, -0.05) is 36.4 Å². The third-order valence-electron chi connectivity index (χ3n) is 5.16. The molecule has 4 rings (SSSR count). The molecule has 0 radical (unpaired) electrons. The summed E-state index contributed by atoms with van der Waals surface area (Å²) in [5.41, 5.74) is 1.01. The van der Waals surface area contributed by atoms with Crippen molar-refractivity contribution < 1.29 is 26.7 Å². The largest absolute Gasteiger partial charge is 0.493 e. The smallest absolute Gasteiger partial charge is 0.233 e. The second-order valence-electron chi connectivity index (χ2n) is 7.32. The van der Waals surface area contributed by atoms with Gasteiger partial charge >= 0.3 is 0 Å². The van der Waals surface area contributed by atoms with Gasteiger partial charge in [-0.15, -0.1) is 0 Å². The van der Waals surface area contributed by atoms with Crippen LogP contribution in [0.1, 0.15) is 5.56 Å². The van der Waals surface area contributed by atoms with E-state index < -0.39 is 15.7 Å². The summed E-state index contributed by atoms with van der Waals surface area (Å²) in [5.74, 6) is 0.460. The molecule has 3 aromatic carbocycles. The minimum atomic E-state index is -4.01. The molecule has 0 amide bonds. The number of oxazole rings is 1. The minimum absolute atomic E-state index is 0.0532. The molecule has 4 aromatic rings. The Morgan fingerprint density at radius 2 is 1.65 bits per heavy atom. The molecule has 34 heavy (non-hydrogen) atoms. The summed E-state index contributed by atoms with van der Waals surface area (Å²) < 4.78 is 57.2. The topological polar surface area (TPSA) is 90.7 Å². The zero-order valence-corrected chi connectivity index (χ0v) is 19.4. The predicted octanol–water partition coefficient (Wildman–Crippen LogP) is 4.99. The van der Waals surface area contributed by atoms with Gasteiger partial charge in [0.25, 0.3) is 0 Å². The van der Waals surface area contributed by atoms with Crippen LogP contribution in [-0.4, -0.2) is 34.2 Å². The summed E-state index contributed by atoms with van der Waals surface area (Å²) in [6.07, 6.45) is 0.529. The molecular weight excluding hydrogens is 459 g/mol. The first kappa shape index (κ1) is 23.3. The van der Waals surface area contributed by atoms with Crippen molar-refractivity contribution in [1.82, 2.24) is 4.98 Å². The molecule has 0 fully saturated rings. The Balaban J connectivity index is 1.65. The molecule has 0 saturated heterocycles. The SMILES string of the molecule is COc1ccc(CCNc2oc(-c3ccccc3F)nc2S(=O)(=O)c2ccccc2)cc1OC. The fraction of sp³-hybridized carbons (Fsp3) is 0.160.